The fourth-order valence-corrected chi connectivity index (χ4v) is 3.94. The predicted molar refractivity (Wildman–Crippen MR) is 130 cm³/mol. The second-order valence-corrected chi connectivity index (χ2v) is 9.13. The molecule has 1 aliphatic carbocycles. The molecule has 0 radical (unpaired) electrons. The summed E-state index contributed by atoms with van der Waals surface area (Å²) >= 11 is 0. The van der Waals surface area contributed by atoms with Crippen LogP contribution >= 0.6 is 24.0 Å². The number of benzene rings is 1. The highest BCUT2D eigenvalue weighted by Crippen LogP contribution is 2.25. The molecule has 0 amide bonds. The Morgan fingerprint density at radius 1 is 1.28 bits per heavy atom. The van der Waals surface area contributed by atoms with Crippen LogP contribution in [0.3, 0.4) is 0 Å². The molecule has 1 aromatic rings. The van der Waals surface area contributed by atoms with E-state index in [1.54, 1.807) is 7.11 Å². The van der Waals surface area contributed by atoms with Crippen molar-refractivity contribution in [1.82, 2.24) is 15.4 Å². The molecular weight excluding hydrogens is 503 g/mol. The minimum atomic E-state index is -3.27. The van der Waals surface area contributed by atoms with Crippen LogP contribution in [0, 0.1) is 12.8 Å². The minimum absolute atomic E-state index is 0. The zero-order valence-electron chi connectivity index (χ0n) is 17.7. The number of guanidine groups is 1. The molecule has 0 saturated heterocycles. The van der Waals surface area contributed by atoms with Crippen molar-refractivity contribution in [2.24, 2.45) is 10.9 Å². The van der Waals surface area contributed by atoms with Gasteiger partial charge in [-0.05, 0) is 56.2 Å². The average Bonchev–Trinajstić information content (AvgIpc) is 2.61. The first-order valence-electron chi connectivity index (χ1n) is 10.1. The van der Waals surface area contributed by atoms with E-state index in [1.807, 2.05) is 19.9 Å². The standard InChI is InChI=1S/C20H34N4O3S.HI/c1-4-21-20(22-11-10-17-9-8-16(2)19(14-17)27-3)23-12-13-28(25,26)24-15-18-6-5-7-18;/h8-9,14,18,24H,4-7,10-13,15H2,1-3H3,(H2,21,22,23);1H. The van der Waals surface area contributed by atoms with Gasteiger partial charge in [0.05, 0.1) is 19.4 Å². The summed E-state index contributed by atoms with van der Waals surface area (Å²) in [6.45, 7) is 6.21. The van der Waals surface area contributed by atoms with Gasteiger partial charge in [-0.15, -0.1) is 24.0 Å². The Labute approximate surface area is 192 Å². The predicted octanol–water partition coefficient (Wildman–Crippen LogP) is 2.44. The second kappa shape index (κ2) is 13.3. The molecule has 0 atom stereocenters. The van der Waals surface area contributed by atoms with Gasteiger partial charge in [0.25, 0.3) is 0 Å². The molecule has 1 saturated carbocycles. The van der Waals surface area contributed by atoms with Crippen molar-refractivity contribution >= 4 is 40.0 Å². The number of hydrogen-bond donors (Lipinski definition) is 3. The van der Waals surface area contributed by atoms with Crippen LogP contribution in [0.2, 0.25) is 0 Å². The molecule has 1 aromatic carbocycles. The number of nitrogens with one attached hydrogen (secondary N) is 3. The van der Waals surface area contributed by atoms with Crippen molar-refractivity contribution in [3.05, 3.63) is 29.3 Å². The molecule has 0 aliphatic heterocycles. The Morgan fingerprint density at radius 3 is 2.66 bits per heavy atom. The Kier molecular flexibility index (Phi) is 11.9. The number of halogens is 1. The maximum Gasteiger partial charge on any atom is 0.213 e. The van der Waals surface area contributed by atoms with Crippen LogP contribution in [0.15, 0.2) is 23.2 Å². The number of rotatable bonds is 11. The molecule has 1 fully saturated rings. The maximum atomic E-state index is 12.1. The molecule has 0 unspecified atom stereocenters. The number of ether oxygens (including phenoxy) is 1. The SMILES string of the molecule is CCNC(=NCCS(=O)(=O)NCC1CCC1)NCCc1ccc(C)c(OC)c1.I. The van der Waals surface area contributed by atoms with E-state index in [4.69, 9.17) is 4.74 Å². The zero-order chi connectivity index (χ0) is 20.4. The van der Waals surface area contributed by atoms with E-state index in [0.717, 1.165) is 37.1 Å². The lowest BCUT2D eigenvalue weighted by Gasteiger charge is -2.25. The smallest absolute Gasteiger partial charge is 0.213 e. The van der Waals surface area contributed by atoms with Gasteiger partial charge in [0, 0.05) is 19.6 Å². The lowest BCUT2D eigenvalue weighted by atomic mass is 9.86. The Morgan fingerprint density at radius 2 is 2.03 bits per heavy atom. The van der Waals surface area contributed by atoms with Crippen LogP contribution in [0.4, 0.5) is 0 Å². The Bertz CT molecular complexity index is 752. The van der Waals surface area contributed by atoms with E-state index in [1.165, 1.54) is 12.0 Å². The van der Waals surface area contributed by atoms with Crippen molar-refractivity contribution in [3.63, 3.8) is 0 Å². The number of aryl methyl sites for hydroxylation is 1. The summed E-state index contributed by atoms with van der Waals surface area (Å²) in [5.74, 6) is 2.04. The van der Waals surface area contributed by atoms with Gasteiger partial charge in [-0.2, -0.15) is 0 Å². The lowest BCUT2D eigenvalue weighted by molar-refractivity contribution is 0.316. The highest BCUT2D eigenvalue weighted by atomic mass is 127. The first-order valence-corrected chi connectivity index (χ1v) is 11.7. The van der Waals surface area contributed by atoms with Gasteiger partial charge in [0.2, 0.25) is 10.0 Å². The molecule has 0 bridgehead atoms. The summed E-state index contributed by atoms with van der Waals surface area (Å²) in [5.41, 5.74) is 2.29. The molecule has 9 heteroatoms. The molecule has 29 heavy (non-hydrogen) atoms. The highest BCUT2D eigenvalue weighted by Gasteiger charge is 2.19. The van der Waals surface area contributed by atoms with E-state index in [0.29, 0.717) is 25.0 Å². The molecule has 2 rings (SSSR count). The van der Waals surface area contributed by atoms with E-state index in [2.05, 4.69) is 32.5 Å². The maximum absolute atomic E-state index is 12.1. The Balaban J connectivity index is 0.00000420. The highest BCUT2D eigenvalue weighted by molar-refractivity contribution is 14.0. The van der Waals surface area contributed by atoms with E-state index in [-0.39, 0.29) is 36.3 Å². The Hall–Kier alpha value is -1.07. The molecule has 1 aliphatic rings. The normalized spacial score (nSPS) is 14.7. The molecule has 0 spiro atoms. The van der Waals surface area contributed by atoms with Gasteiger partial charge < -0.3 is 15.4 Å². The zero-order valence-corrected chi connectivity index (χ0v) is 20.8. The average molecular weight is 538 g/mol. The van der Waals surface area contributed by atoms with Crippen LogP contribution in [0.25, 0.3) is 0 Å². The first-order chi connectivity index (χ1) is 13.4. The van der Waals surface area contributed by atoms with Crippen LogP contribution in [-0.4, -0.2) is 53.4 Å². The van der Waals surface area contributed by atoms with Crippen molar-refractivity contribution in [1.29, 1.82) is 0 Å². The first kappa shape index (κ1) is 26.0. The fourth-order valence-electron chi connectivity index (χ4n) is 2.98. The van der Waals surface area contributed by atoms with Gasteiger partial charge >= 0.3 is 0 Å². The van der Waals surface area contributed by atoms with Crippen molar-refractivity contribution < 1.29 is 13.2 Å². The second-order valence-electron chi connectivity index (χ2n) is 7.21. The summed E-state index contributed by atoms with van der Waals surface area (Å²) in [6, 6.07) is 6.18. The topological polar surface area (TPSA) is 91.8 Å². The van der Waals surface area contributed by atoms with Crippen molar-refractivity contribution in [2.45, 2.75) is 39.5 Å². The van der Waals surface area contributed by atoms with Crippen LogP contribution in [0.1, 0.15) is 37.3 Å². The molecule has 166 valence electrons. The summed E-state index contributed by atoms with van der Waals surface area (Å²) in [4.78, 5) is 4.39. The third-order valence-corrected chi connectivity index (χ3v) is 6.30. The van der Waals surface area contributed by atoms with Gasteiger partial charge in [0.15, 0.2) is 5.96 Å². The van der Waals surface area contributed by atoms with Gasteiger partial charge in [-0.1, -0.05) is 18.6 Å². The quantitative estimate of drug-likeness (QED) is 0.229. The molecule has 0 aromatic heterocycles. The molecule has 3 N–H and O–H groups in total. The fraction of sp³-hybridized carbons (Fsp3) is 0.650. The van der Waals surface area contributed by atoms with Gasteiger partial charge in [-0.25, -0.2) is 13.1 Å². The largest absolute Gasteiger partial charge is 0.496 e. The molecular formula is C20H35IN4O3S. The summed E-state index contributed by atoms with van der Waals surface area (Å²) in [5, 5.41) is 6.41. The van der Waals surface area contributed by atoms with Gasteiger partial charge in [0.1, 0.15) is 5.75 Å². The number of methoxy groups -OCH3 is 1. The number of hydrogen-bond acceptors (Lipinski definition) is 4. The summed E-state index contributed by atoms with van der Waals surface area (Å²) < 4.78 is 32.2. The minimum Gasteiger partial charge on any atom is -0.496 e. The number of aliphatic imine (C=N–C) groups is 1. The summed E-state index contributed by atoms with van der Waals surface area (Å²) in [6.07, 6.45) is 4.29. The van der Waals surface area contributed by atoms with E-state index >= 15 is 0 Å². The lowest BCUT2D eigenvalue weighted by Crippen LogP contribution is -2.39. The number of nitrogens with zero attached hydrogens (tertiary/aromatic N) is 1. The van der Waals surface area contributed by atoms with Crippen LogP contribution in [-0.2, 0) is 16.4 Å². The summed E-state index contributed by atoms with van der Waals surface area (Å²) in [7, 11) is -1.59. The van der Waals surface area contributed by atoms with E-state index in [9.17, 15) is 8.42 Å². The van der Waals surface area contributed by atoms with Gasteiger partial charge in [-0.3, -0.25) is 4.99 Å². The van der Waals surface area contributed by atoms with Crippen LogP contribution < -0.4 is 20.1 Å². The molecule has 0 heterocycles. The van der Waals surface area contributed by atoms with Crippen LogP contribution in [0.5, 0.6) is 5.75 Å². The van der Waals surface area contributed by atoms with Crippen molar-refractivity contribution in [2.75, 3.05) is 39.0 Å². The third-order valence-electron chi connectivity index (χ3n) is 4.97. The van der Waals surface area contributed by atoms with Crippen molar-refractivity contribution in [3.8, 4) is 5.75 Å². The number of sulfonamides is 1. The van der Waals surface area contributed by atoms with E-state index < -0.39 is 10.0 Å². The third kappa shape index (κ3) is 9.52. The monoisotopic (exact) mass is 538 g/mol. The molecule has 7 nitrogen and oxygen atoms in total.